The molecule has 0 amide bonds. The quantitative estimate of drug-likeness (QED) is 0.825. The van der Waals surface area contributed by atoms with Crippen LogP contribution in [0.25, 0.3) is 0 Å². The van der Waals surface area contributed by atoms with Crippen molar-refractivity contribution in [1.29, 1.82) is 5.26 Å². The Bertz CT molecular complexity index is 531. The van der Waals surface area contributed by atoms with Gasteiger partial charge >= 0.3 is 0 Å². The first-order chi connectivity index (χ1) is 8.31. The molecular weight excluding hydrogens is 232 g/mol. The molecular formula is C14H11ClN2. The molecule has 0 saturated carbocycles. The van der Waals surface area contributed by atoms with Gasteiger partial charge in [0.25, 0.3) is 0 Å². The number of hydrogen-bond donors (Lipinski definition) is 0. The third-order valence-electron chi connectivity index (χ3n) is 2.63. The maximum Gasteiger partial charge on any atom is 0.0767 e. The molecule has 0 fully saturated rings. The van der Waals surface area contributed by atoms with E-state index in [0.29, 0.717) is 11.4 Å². The Labute approximate surface area is 105 Å². The first-order valence-electron chi connectivity index (χ1n) is 5.34. The molecule has 1 heterocycles. The van der Waals surface area contributed by atoms with Crippen LogP contribution in [0.15, 0.2) is 48.8 Å². The standard InChI is InChI=1S/C14H11ClN2/c15-14-4-2-1-3-13(14)12(10-16)9-11-5-7-17-8-6-11/h1-8,12H,9H2. The molecule has 3 heteroatoms. The van der Waals surface area contributed by atoms with Crippen LogP contribution in [0.3, 0.4) is 0 Å². The van der Waals surface area contributed by atoms with Gasteiger partial charge in [0.15, 0.2) is 0 Å². The van der Waals surface area contributed by atoms with Crippen LogP contribution in [-0.4, -0.2) is 4.98 Å². The van der Waals surface area contributed by atoms with Crippen LogP contribution in [0.5, 0.6) is 0 Å². The molecule has 1 atom stereocenters. The van der Waals surface area contributed by atoms with Crippen LogP contribution in [0.4, 0.5) is 0 Å². The minimum Gasteiger partial charge on any atom is -0.265 e. The van der Waals surface area contributed by atoms with E-state index in [-0.39, 0.29) is 5.92 Å². The second-order valence-corrected chi connectivity index (χ2v) is 4.17. The molecule has 2 nitrogen and oxygen atoms in total. The molecule has 1 aromatic carbocycles. The summed E-state index contributed by atoms with van der Waals surface area (Å²) < 4.78 is 0. The zero-order valence-corrected chi connectivity index (χ0v) is 9.93. The number of pyridine rings is 1. The summed E-state index contributed by atoms with van der Waals surface area (Å²) in [5, 5.41) is 9.89. The van der Waals surface area contributed by atoms with E-state index < -0.39 is 0 Å². The molecule has 0 saturated heterocycles. The summed E-state index contributed by atoms with van der Waals surface area (Å²) in [7, 11) is 0. The monoisotopic (exact) mass is 242 g/mol. The van der Waals surface area contributed by atoms with Crippen molar-refractivity contribution >= 4 is 11.6 Å². The molecule has 0 aliphatic rings. The number of nitriles is 1. The van der Waals surface area contributed by atoms with Gasteiger partial charge in [-0.15, -0.1) is 0 Å². The average molecular weight is 243 g/mol. The van der Waals surface area contributed by atoms with Crippen LogP contribution in [0, 0.1) is 11.3 Å². The molecule has 0 aliphatic heterocycles. The van der Waals surface area contributed by atoms with Crippen molar-refractivity contribution < 1.29 is 0 Å². The predicted molar refractivity (Wildman–Crippen MR) is 67.7 cm³/mol. The zero-order valence-electron chi connectivity index (χ0n) is 9.18. The van der Waals surface area contributed by atoms with E-state index in [4.69, 9.17) is 11.6 Å². The van der Waals surface area contributed by atoms with Gasteiger partial charge in [-0.25, -0.2) is 0 Å². The van der Waals surface area contributed by atoms with E-state index in [0.717, 1.165) is 11.1 Å². The molecule has 0 spiro atoms. The molecule has 1 unspecified atom stereocenters. The van der Waals surface area contributed by atoms with E-state index in [1.54, 1.807) is 12.4 Å². The SMILES string of the molecule is N#CC(Cc1ccncc1)c1ccccc1Cl. The van der Waals surface area contributed by atoms with Crippen molar-refractivity contribution in [3.63, 3.8) is 0 Å². The number of benzene rings is 1. The van der Waals surface area contributed by atoms with Crippen molar-refractivity contribution in [2.24, 2.45) is 0 Å². The van der Waals surface area contributed by atoms with Crippen molar-refractivity contribution in [3.8, 4) is 6.07 Å². The number of hydrogen-bond acceptors (Lipinski definition) is 2. The Kier molecular flexibility index (Phi) is 3.74. The number of nitrogens with zero attached hydrogens (tertiary/aromatic N) is 2. The molecule has 0 aliphatic carbocycles. The fourth-order valence-corrected chi connectivity index (χ4v) is 2.00. The van der Waals surface area contributed by atoms with Gasteiger partial charge in [-0.05, 0) is 35.7 Å². The number of aromatic nitrogens is 1. The Hall–Kier alpha value is -1.85. The highest BCUT2D eigenvalue weighted by molar-refractivity contribution is 6.31. The molecule has 0 radical (unpaired) electrons. The Morgan fingerprint density at radius 3 is 2.53 bits per heavy atom. The van der Waals surface area contributed by atoms with Gasteiger partial charge in [-0.3, -0.25) is 4.98 Å². The topological polar surface area (TPSA) is 36.7 Å². The van der Waals surface area contributed by atoms with Crippen molar-refractivity contribution in [2.45, 2.75) is 12.3 Å². The normalized spacial score (nSPS) is 11.8. The van der Waals surface area contributed by atoms with Crippen molar-refractivity contribution in [1.82, 2.24) is 4.98 Å². The average Bonchev–Trinajstić information content (AvgIpc) is 2.38. The van der Waals surface area contributed by atoms with Crippen LogP contribution in [-0.2, 0) is 6.42 Å². The third-order valence-corrected chi connectivity index (χ3v) is 2.97. The van der Waals surface area contributed by atoms with Gasteiger partial charge in [0.2, 0.25) is 0 Å². The van der Waals surface area contributed by atoms with Gasteiger partial charge in [0.1, 0.15) is 0 Å². The fourth-order valence-electron chi connectivity index (χ4n) is 1.74. The first-order valence-corrected chi connectivity index (χ1v) is 5.72. The minimum absolute atomic E-state index is 0.217. The van der Waals surface area contributed by atoms with Crippen LogP contribution < -0.4 is 0 Å². The molecule has 2 rings (SSSR count). The highest BCUT2D eigenvalue weighted by Crippen LogP contribution is 2.26. The van der Waals surface area contributed by atoms with E-state index >= 15 is 0 Å². The third kappa shape index (κ3) is 2.83. The lowest BCUT2D eigenvalue weighted by atomic mass is 9.94. The summed E-state index contributed by atoms with van der Waals surface area (Å²) in [6.07, 6.45) is 4.12. The minimum atomic E-state index is -0.217. The summed E-state index contributed by atoms with van der Waals surface area (Å²) in [6, 6.07) is 13.6. The highest BCUT2D eigenvalue weighted by atomic mass is 35.5. The molecule has 1 aromatic heterocycles. The lowest BCUT2D eigenvalue weighted by molar-refractivity contribution is 0.847. The first kappa shape index (κ1) is 11.6. The van der Waals surface area contributed by atoms with Gasteiger partial charge in [0.05, 0.1) is 12.0 Å². The summed E-state index contributed by atoms with van der Waals surface area (Å²) in [4.78, 5) is 3.96. The van der Waals surface area contributed by atoms with E-state index in [2.05, 4.69) is 11.1 Å². The Morgan fingerprint density at radius 2 is 1.88 bits per heavy atom. The molecule has 0 bridgehead atoms. The fraction of sp³-hybridized carbons (Fsp3) is 0.143. The predicted octanol–water partition coefficient (Wildman–Crippen LogP) is 3.58. The lowest BCUT2D eigenvalue weighted by Crippen LogP contribution is -2.01. The van der Waals surface area contributed by atoms with Crippen LogP contribution >= 0.6 is 11.6 Å². The van der Waals surface area contributed by atoms with Gasteiger partial charge in [-0.2, -0.15) is 5.26 Å². The Morgan fingerprint density at radius 1 is 1.18 bits per heavy atom. The van der Waals surface area contributed by atoms with E-state index in [1.807, 2.05) is 36.4 Å². The smallest absolute Gasteiger partial charge is 0.0767 e. The second-order valence-electron chi connectivity index (χ2n) is 3.76. The zero-order chi connectivity index (χ0) is 12.1. The summed E-state index contributed by atoms with van der Waals surface area (Å²) >= 11 is 6.10. The largest absolute Gasteiger partial charge is 0.265 e. The Balaban J connectivity index is 2.25. The van der Waals surface area contributed by atoms with Crippen LogP contribution in [0.2, 0.25) is 5.02 Å². The molecule has 0 N–H and O–H groups in total. The highest BCUT2D eigenvalue weighted by Gasteiger charge is 2.14. The van der Waals surface area contributed by atoms with Crippen molar-refractivity contribution in [3.05, 3.63) is 64.9 Å². The summed E-state index contributed by atoms with van der Waals surface area (Å²) in [5.41, 5.74) is 1.97. The van der Waals surface area contributed by atoms with E-state index in [1.165, 1.54) is 0 Å². The number of rotatable bonds is 3. The number of halogens is 1. The van der Waals surface area contributed by atoms with Gasteiger partial charge in [-0.1, -0.05) is 29.8 Å². The maximum absolute atomic E-state index is 9.24. The van der Waals surface area contributed by atoms with Crippen LogP contribution in [0.1, 0.15) is 17.0 Å². The van der Waals surface area contributed by atoms with Gasteiger partial charge < -0.3 is 0 Å². The van der Waals surface area contributed by atoms with E-state index in [9.17, 15) is 5.26 Å². The van der Waals surface area contributed by atoms with Gasteiger partial charge in [0, 0.05) is 17.4 Å². The summed E-state index contributed by atoms with van der Waals surface area (Å²) in [6.45, 7) is 0. The molecule has 17 heavy (non-hydrogen) atoms. The maximum atomic E-state index is 9.24. The summed E-state index contributed by atoms with van der Waals surface area (Å²) in [5.74, 6) is -0.217. The molecule has 84 valence electrons. The molecule has 2 aromatic rings. The second kappa shape index (κ2) is 5.47. The lowest BCUT2D eigenvalue weighted by Gasteiger charge is -2.10. The van der Waals surface area contributed by atoms with Crippen molar-refractivity contribution in [2.75, 3.05) is 0 Å².